The van der Waals surface area contributed by atoms with Crippen molar-refractivity contribution >= 4 is 9.52 Å². The second-order valence-electron chi connectivity index (χ2n) is 2.61. The van der Waals surface area contributed by atoms with Crippen LogP contribution in [-0.4, -0.2) is 9.52 Å². The lowest BCUT2D eigenvalue weighted by atomic mass is 10.4. The molecule has 0 aromatic rings. The van der Waals surface area contributed by atoms with Crippen molar-refractivity contribution in [2.75, 3.05) is 0 Å². The molecule has 0 unspecified atom stereocenters. The minimum Gasteiger partial charge on any atom is -0.0952 e. The van der Waals surface area contributed by atoms with Gasteiger partial charge in [-0.1, -0.05) is 22.5 Å². The molecule has 0 amide bonds. The molecular weight excluding hydrogens is 124 g/mol. The Labute approximate surface area is 60.5 Å². The lowest BCUT2D eigenvalue weighted by Crippen LogP contribution is -1.80. The Hall–Kier alpha value is -0.303. The van der Waals surface area contributed by atoms with E-state index in [1.165, 1.54) is 11.1 Å². The normalized spacial score (nSPS) is 8.44. The topological polar surface area (TPSA) is 0 Å². The molecule has 2 radical (unpaired) electrons. The molecule has 9 heavy (non-hydrogen) atoms. The second kappa shape index (κ2) is 4.56. The Kier molecular flexibility index (Phi) is 4.41. The van der Waals surface area contributed by atoms with Gasteiger partial charge < -0.3 is 0 Å². The first kappa shape index (κ1) is 8.70. The summed E-state index contributed by atoms with van der Waals surface area (Å²) in [5, 5.41) is 0. The van der Waals surface area contributed by atoms with Crippen LogP contribution in [0.2, 0.25) is 0 Å². The first-order valence-electron chi connectivity index (χ1n) is 3.15. The number of hydrogen-bond acceptors (Lipinski definition) is 0. The molecule has 0 aliphatic rings. The predicted octanol–water partition coefficient (Wildman–Crippen LogP) is 2.54. The third-order valence-corrected chi connectivity index (χ3v) is 2.23. The summed E-state index contributed by atoms with van der Waals surface area (Å²) >= 11 is 0. The number of allylic oxidation sites excluding steroid dienone is 2. The Morgan fingerprint density at radius 3 is 1.44 bits per heavy atom. The van der Waals surface area contributed by atoms with Crippen molar-refractivity contribution in [1.82, 2.24) is 0 Å². The maximum atomic E-state index is 2.26. The van der Waals surface area contributed by atoms with E-state index in [2.05, 4.69) is 39.1 Å². The molecule has 0 spiro atoms. The highest BCUT2D eigenvalue weighted by Gasteiger charge is 1.77. The van der Waals surface area contributed by atoms with Crippen molar-refractivity contribution in [1.29, 1.82) is 0 Å². The summed E-state index contributed by atoms with van der Waals surface area (Å²) in [7, 11) is 0.869. The van der Waals surface area contributed by atoms with E-state index in [9.17, 15) is 0 Å². The summed E-state index contributed by atoms with van der Waals surface area (Å²) in [4.78, 5) is 0. The van der Waals surface area contributed by atoms with Gasteiger partial charge in [-0.2, -0.15) is 0 Å². The van der Waals surface area contributed by atoms with Gasteiger partial charge in [0.15, 0.2) is 0 Å². The molecule has 0 saturated carbocycles. The Bertz CT molecular complexity index is 108. The van der Waals surface area contributed by atoms with Gasteiger partial charge in [-0.3, -0.25) is 0 Å². The molecule has 0 nitrogen and oxygen atoms in total. The Morgan fingerprint density at radius 2 is 1.22 bits per heavy atom. The van der Waals surface area contributed by atoms with E-state index >= 15 is 0 Å². The van der Waals surface area contributed by atoms with Crippen molar-refractivity contribution < 1.29 is 0 Å². The third kappa shape index (κ3) is 7.70. The van der Waals surface area contributed by atoms with Gasteiger partial charge >= 0.3 is 0 Å². The summed E-state index contributed by atoms with van der Waals surface area (Å²) < 4.78 is 0. The molecule has 0 bridgehead atoms. The fraction of sp³-hybridized carbons (Fsp3) is 0.500. The second-order valence-corrected chi connectivity index (χ2v) is 3.52. The fourth-order valence-corrected chi connectivity index (χ4v) is 1.13. The van der Waals surface area contributed by atoms with Crippen LogP contribution in [0.1, 0.15) is 27.7 Å². The van der Waals surface area contributed by atoms with Crippen molar-refractivity contribution in [2.24, 2.45) is 0 Å². The van der Waals surface area contributed by atoms with E-state index in [0.29, 0.717) is 0 Å². The van der Waals surface area contributed by atoms with E-state index < -0.39 is 0 Å². The first-order valence-corrected chi connectivity index (χ1v) is 4.31. The predicted molar refractivity (Wildman–Crippen MR) is 44.6 cm³/mol. The zero-order chi connectivity index (χ0) is 7.28. The van der Waals surface area contributed by atoms with E-state index in [0.717, 1.165) is 9.52 Å². The highest BCUT2D eigenvalue weighted by molar-refractivity contribution is 6.48. The van der Waals surface area contributed by atoms with Crippen LogP contribution in [0.15, 0.2) is 22.5 Å². The molecule has 0 rings (SSSR count). The third-order valence-electron chi connectivity index (χ3n) is 0.744. The maximum Gasteiger partial charge on any atom is 0.101 e. The molecule has 0 N–H and O–H groups in total. The summed E-state index contributed by atoms with van der Waals surface area (Å²) in [6.07, 6.45) is 0. The Morgan fingerprint density at radius 1 is 0.889 bits per heavy atom. The standard InChI is InChI=1S/C8H14Si/c1-7(2)5-9-6-8(3)4/h5-6H,1-4H3. The minimum absolute atomic E-state index is 0.869. The van der Waals surface area contributed by atoms with Gasteiger partial charge in [0.1, 0.15) is 9.52 Å². The van der Waals surface area contributed by atoms with Crippen molar-refractivity contribution in [3.8, 4) is 0 Å². The molecule has 0 aliphatic carbocycles. The van der Waals surface area contributed by atoms with Gasteiger partial charge in [0, 0.05) is 0 Å². The molecule has 0 heterocycles. The van der Waals surface area contributed by atoms with Crippen molar-refractivity contribution in [3.05, 3.63) is 22.5 Å². The van der Waals surface area contributed by atoms with Gasteiger partial charge in [-0.15, -0.1) is 0 Å². The molecule has 50 valence electrons. The zero-order valence-electron chi connectivity index (χ0n) is 6.65. The minimum atomic E-state index is 0.869. The molecule has 0 fully saturated rings. The van der Waals surface area contributed by atoms with Crippen LogP contribution >= 0.6 is 0 Å². The number of hydrogen-bond donors (Lipinski definition) is 0. The van der Waals surface area contributed by atoms with Crippen LogP contribution in [0, 0.1) is 0 Å². The van der Waals surface area contributed by atoms with Crippen molar-refractivity contribution in [2.45, 2.75) is 27.7 Å². The first-order chi connectivity index (χ1) is 4.13. The molecule has 0 aromatic heterocycles. The van der Waals surface area contributed by atoms with Crippen LogP contribution in [0.5, 0.6) is 0 Å². The summed E-state index contributed by atoms with van der Waals surface area (Å²) in [6, 6.07) is 0. The molecule has 0 saturated heterocycles. The lowest BCUT2D eigenvalue weighted by molar-refractivity contribution is 1.40. The van der Waals surface area contributed by atoms with E-state index in [4.69, 9.17) is 0 Å². The SMILES string of the molecule is CC(C)=C[Si]C=C(C)C. The molecular formula is C8H14Si. The van der Waals surface area contributed by atoms with Gasteiger partial charge in [0.25, 0.3) is 0 Å². The maximum absolute atomic E-state index is 2.26. The van der Waals surface area contributed by atoms with Crippen molar-refractivity contribution in [3.63, 3.8) is 0 Å². The highest BCUT2D eigenvalue weighted by Crippen LogP contribution is 1.89. The largest absolute Gasteiger partial charge is 0.101 e. The smallest absolute Gasteiger partial charge is 0.0952 e. The average molecular weight is 138 g/mol. The summed E-state index contributed by atoms with van der Waals surface area (Å²) in [5.74, 6) is 0. The highest BCUT2D eigenvalue weighted by atomic mass is 28.2. The molecule has 0 atom stereocenters. The van der Waals surface area contributed by atoms with Crippen LogP contribution in [-0.2, 0) is 0 Å². The van der Waals surface area contributed by atoms with Crippen LogP contribution in [0.4, 0.5) is 0 Å². The van der Waals surface area contributed by atoms with Crippen LogP contribution in [0.3, 0.4) is 0 Å². The van der Waals surface area contributed by atoms with E-state index in [-0.39, 0.29) is 0 Å². The summed E-state index contributed by atoms with van der Waals surface area (Å²) in [5.41, 5.74) is 7.33. The Balaban J connectivity index is 3.53. The van der Waals surface area contributed by atoms with E-state index in [1.54, 1.807) is 0 Å². The number of rotatable bonds is 2. The van der Waals surface area contributed by atoms with Gasteiger partial charge in [0.05, 0.1) is 0 Å². The quantitative estimate of drug-likeness (QED) is 0.514. The van der Waals surface area contributed by atoms with Gasteiger partial charge in [-0.05, 0) is 27.7 Å². The summed E-state index contributed by atoms with van der Waals surface area (Å²) in [6.45, 7) is 8.52. The van der Waals surface area contributed by atoms with E-state index in [1.807, 2.05) is 0 Å². The van der Waals surface area contributed by atoms with Crippen LogP contribution in [0.25, 0.3) is 0 Å². The molecule has 0 aromatic carbocycles. The zero-order valence-corrected chi connectivity index (χ0v) is 7.65. The molecule has 0 aliphatic heterocycles. The average Bonchev–Trinajstić information content (AvgIpc) is 1.63. The van der Waals surface area contributed by atoms with Gasteiger partial charge in [-0.25, -0.2) is 0 Å². The fourth-order valence-electron chi connectivity index (χ4n) is 0.375. The van der Waals surface area contributed by atoms with Gasteiger partial charge in [0.2, 0.25) is 0 Å². The monoisotopic (exact) mass is 138 g/mol. The van der Waals surface area contributed by atoms with Crippen LogP contribution < -0.4 is 0 Å². The lowest BCUT2D eigenvalue weighted by Gasteiger charge is -1.86. The molecule has 1 heteroatoms.